The van der Waals surface area contributed by atoms with Gasteiger partial charge in [0.1, 0.15) is 15.3 Å². The third-order valence-electron chi connectivity index (χ3n) is 4.88. The highest BCUT2D eigenvalue weighted by Crippen LogP contribution is 2.32. The molecule has 0 unspecified atom stereocenters. The van der Waals surface area contributed by atoms with Gasteiger partial charge in [0.2, 0.25) is 10.0 Å². The van der Waals surface area contributed by atoms with Crippen LogP contribution in [0.1, 0.15) is 37.1 Å². The van der Waals surface area contributed by atoms with Gasteiger partial charge in [0.05, 0.1) is 4.90 Å². The standard InChI is InChI=1S/C22H24FNO4S3/c1-22(2,3)17-8-12-19(13-9-17)31(27,28)24-15-20(16-6-10-18(23)11-7-16)30(25,26)21-5-4-14-29-21/h4-14,20,24H,15H2,1-3H3/t20-/m1/s1. The van der Waals surface area contributed by atoms with Gasteiger partial charge in [-0.1, -0.05) is 51.1 Å². The van der Waals surface area contributed by atoms with E-state index < -0.39 is 30.9 Å². The van der Waals surface area contributed by atoms with Gasteiger partial charge in [0.15, 0.2) is 9.84 Å². The van der Waals surface area contributed by atoms with Gasteiger partial charge in [-0.2, -0.15) is 0 Å². The summed E-state index contributed by atoms with van der Waals surface area (Å²) in [7, 11) is -7.83. The Bertz CT molecular complexity index is 1230. The van der Waals surface area contributed by atoms with E-state index in [0.29, 0.717) is 5.56 Å². The molecular weight excluding hydrogens is 457 g/mol. The second kappa shape index (κ2) is 8.82. The van der Waals surface area contributed by atoms with E-state index in [9.17, 15) is 21.2 Å². The van der Waals surface area contributed by atoms with E-state index in [-0.39, 0.29) is 21.1 Å². The van der Waals surface area contributed by atoms with Crippen LogP contribution in [0.15, 0.2) is 75.1 Å². The van der Waals surface area contributed by atoms with Crippen LogP contribution in [0, 0.1) is 5.82 Å². The largest absolute Gasteiger partial charge is 0.240 e. The van der Waals surface area contributed by atoms with Gasteiger partial charge in [-0.15, -0.1) is 11.3 Å². The highest BCUT2D eigenvalue weighted by molar-refractivity contribution is 7.93. The molecule has 0 spiro atoms. The molecule has 1 aromatic heterocycles. The Hall–Kier alpha value is -2.07. The van der Waals surface area contributed by atoms with Crippen LogP contribution >= 0.6 is 11.3 Å². The monoisotopic (exact) mass is 481 g/mol. The molecule has 0 amide bonds. The second-order valence-electron chi connectivity index (χ2n) is 8.14. The highest BCUT2D eigenvalue weighted by Gasteiger charge is 2.31. The molecule has 9 heteroatoms. The minimum atomic E-state index is -3.95. The summed E-state index contributed by atoms with van der Waals surface area (Å²) in [5, 5.41) is 0.436. The lowest BCUT2D eigenvalue weighted by molar-refractivity contribution is 0.568. The average Bonchev–Trinajstić information content (AvgIpc) is 3.24. The molecule has 31 heavy (non-hydrogen) atoms. The first kappa shape index (κ1) is 23.6. The number of benzene rings is 2. The Balaban J connectivity index is 1.90. The average molecular weight is 482 g/mol. The Kier molecular flexibility index (Phi) is 6.71. The number of hydrogen-bond acceptors (Lipinski definition) is 5. The van der Waals surface area contributed by atoms with Crippen LogP contribution in [0.5, 0.6) is 0 Å². The summed E-state index contributed by atoms with van der Waals surface area (Å²) in [6.07, 6.45) is 0. The summed E-state index contributed by atoms with van der Waals surface area (Å²) in [6.45, 7) is 5.70. The maximum absolute atomic E-state index is 13.4. The van der Waals surface area contributed by atoms with Crippen LogP contribution < -0.4 is 4.72 Å². The minimum absolute atomic E-state index is 0.0480. The van der Waals surface area contributed by atoms with Crippen molar-refractivity contribution in [1.82, 2.24) is 4.72 Å². The van der Waals surface area contributed by atoms with Crippen LogP contribution in [0.4, 0.5) is 4.39 Å². The van der Waals surface area contributed by atoms with Gasteiger partial charge < -0.3 is 0 Å². The van der Waals surface area contributed by atoms with Gasteiger partial charge >= 0.3 is 0 Å². The second-order valence-corrected chi connectivity index (χ2v) is 13.2. The molecule has 0 radical (unpaired) electrons. The van der Waals surface area contributed by atoms with Crippen molar-refractivity contribution in [3.8, 4) is 0 Å². The molecule has 0 aliphatic rings. The van der Waals surface area contributed by atoms with Gasteiger partial charge in [-0.05, 0) is 52.3 Å². The smallest absolute Gasteiger partial charge is 0.222 e. The SMILES string of the molecule is CC(C)(C)c1ccc(S(=O)(=O)NC[C@H](c2ccc(F)cc2)S(=O)(=O)c2cccs2)cc1. The van der Waals surface area contributed by atoms with E-state index in [1.807, 2.05) is 20.8 Å². The number of sulfonamides is 1. The number of thiophene rings is 1. The van der Waals surface area contributed by atoms with Crippen LogP contribution in [-0.2, 0) is 25.3 Å². The van der Waals surface area contributed by atoms with Crippen molar-refractivity contribution in [2.75, 3.05) is 6.54 Å². The first-order valence-electron chi connectivity index (χ1n) is 9.54. The molecule has 1 heterocycles. The molecule has 3 aromatic rings. The van der Waals surface area contributed by atoms with Crippen molar-refractivity contribution < 1.29 is 21.2 Å². The number of sulfone groups is 1. The number of halogens is 1. The minimum Gasteiger partial charge on any atom is -0.222 e. The molecule has 0 aliphatic carbocycles. The summed E-state index contributed by atoms with van der Waals surface area (Å²) >= 11 is 1.05. The lowest BCUT2D eigenvalue weighted by Gasteiger charge is -2.20. The van der Waals surface area contributed by atoms with Crippen molar-refractivity contribution in [3.05, 3.63) is 83.0 Å². The van der Waals surface area contributed by atoms with Gasteiger partial charge in [-0.3, -0.25) is 0 Å². The zero-order chi connectivity index (χ0) is 22.9. The van der Waals surface area contributed by atoms with E-state index >= 15 is 0 Å². The zero-order valence-electron chi connectivity index (χ0n) is 17.4. The Morgan fingerprint density at radius 3 is 2.06 bits per heavy atom. The van der Waals surface area contributed by atoms with Crippen molar-refractivity contribution in [3.63, 3.8) is 0 Å². The Labute approximate surface area is 186 Å². The molecule has 1 atom stereocenters. The number of nitrogens with one attached hydrogen (secondary N) is 1. The van der Waals surface area contributed by atoms with Crippen LogP contribution in [0.2, 0.25) is 0 Å². The fourth-order valence-electron chi connectivity index (χ4n) is 3.05. The van der Waals surface area contributed by atoms with E-state index in [0.717, 1.165) is 29.0 Å². The zero-order valence-corrected chi connectivity index (χ0v) is 19.8. The van der Waals surface area contributed by atoms with E-state index in [4.69, 9.17) is 0 Å². The van der Waals surface area contributed by atoms with Crippen LogP contribution in [0.25, 0.3) is 0 Å². The van der Waals surface area contributed by atoms with E-state index in [1.165, 1.54) is 30.3 Å². The molecule has 0 bridgehead atoms. The maximum atomic E-state index is 13.4. The van der Waals surface area contributed by atoms with Crippen molar-refractivity contribution in [2.24, 2.45) is 0 Å². The predicted octanol–water partition coefficient (Wildman–Crippen LogP) is 4.68. The van der Waals surface area contributed by atoms with Gasteiger partial charge in [0.25, 0.3) is 0 Å². The molecule has 0 saturated carbocycles. The summed E-state index contributed by atoms with van der Waals surface area (Å²) < 4.78 is 67.9. The van der Waals surface area contributed by atoms with Crippen LogP contribution in [0.3, 0.4) is 0 Å². The Morgan fingerprint density at radius 2 is 1.55 bits per heavy atom. The molecule has 1 N–H and O–H groups in total. The molecule has 166 valence electrons. The first-order chi connectivity index (χ1) is 14.4. The maximum Gasteiger partial charge on any atom is 0.240 e. The van der Waals surface area contributed by atoms with Crippen LogP contribution in [-0.4, -0.2) is 23.4 Å². The van der Waals surface area contributed by atoms with E-state index in [2.05, 4.69) is 4.72 Å². The molecule has 0 saturated heterocycles. The lowest BCUT2D eigenvalue weighted by atomic mass is 9.87. The fraction of sp³-hybridized carbons (Fsp3) is 0.273. The summed E-state index contributed by atoms with van der Waals surface area (Å²) in [5.74, 6) is -0.504. The molecule has 2 aromatic carbocycles. The fourth-order valence-corrected chi connectivity index (χ4v) is 7.07. The molecular formula is C22H24FNO4S3. The number of rotatable bonds is 7. The van der Waals surface area contributed by atoms with Crippen molar-refractivity contribution in [2.45, 2.75) is 40.5 Å². The summed E-state index contributed by atoms with van der Waals surface area (Å²) in [4.78, 5) is 0.0480. The molecule has 0 fully saturated rings. The predicted molar refractivity (Wildman–Crippen MR) is 121 cm³/mol. The summed E-state index contributed by atoms with van der Waals surface area (Å²) in [5.41, 5.74) is 1.16. The van der Waals surface area contributed by atoms with Crippen molar-refractivity contribution in [1.29, 1.82) is 0 Å². The lowest BCUT2D eigenvalue weighted by Crippen LogP contribution is -2.32. The highest BCUT2D eigenvalue weighted by atomic mass is 32.2. The third kappa shape index (κ3) is 5.41. The molecule has 3 rings (SSSR count). The van der Waals surface area contributed by atoms with E-state index in [1.54, 1.807) is 23.6 Å². The third-order valence-corrected chi connectivity index (χ3v) is 9.85. The van der Waals surface area contributed by atoms with Crippen molar-refractivity contribution >= 4 is 31.2 Å². The molecule has 0 aliphatic heterocycles. The van der Waals surface area contributed by atoms with Gasteiger partial charge in [-0.25, -0.2) is 25.9 Å². The van der Waals surface area contributed by atoms with Gasteiger partial charge in [0, 0.05) is 6.54 Å². The quantitative estimate of drug-likeness (QED) is 0.531. The Morgan fingerprint density at radius 1 is 0.935 bits per heavy atom. The topological polar surface area (TPSA) is 80.3 Å². The number of hydrogen-bond donors (Lipinski definition) is 1. The first-order valence-corrected chi connectivity index (χ1v) is 13.5. The molecule has 5 nitrogen and oxygen atoms in total. The summed E-state index contributed by atoms with van der Waals surface area (Å²) in [6, 6.07) is 14.6. The normalized spacial score (nSPS) is 13.8.